The number of rotatable bonds is 4. The standard InChI is InChI=1S/C9H11N3O3S/c13-8(7-4-2-1-3-5-7)6-10-12(15)9(16)11-14/h1-5,10,14-15H,6H2,(H,11,16). The molecule has 86 valence electrons. The van der Waals surface area contributed by atoms with E-state index in [1.165, 1.54) is 0 Å². The van der Waals surface area contributed by atoms with Crippen LogP contribution in [-0.4, -0.2) is 33.0 Å². The zero-order valence-electron chi connectivity index (χ0n) is 8.25. The Balaban J connectivity index is 2.45. The molecule has 1 aromatic rings. The van der Waals surface area contributed by atoms with E-state index >= 15 is 0 Å². The predicted octanol–water partition coefficient (Wildman–Crippen LogP) is 0.329. The Labute approximate surface area is 97.4 Å². The molecule has 0 aliphatic rings. The van der Waals surface area contributed by atoms with Gasteiger partial charge in [-0.05, 0) is 12.2 Å². The van der Waals surface area contributed by atoms with Gasteiger partial charge in [-0.15, -0.1) is 0 Å². The number of carbonyl (C=O) groups excluding carboxylic acids is 1. The van der Waals surface area contributed by atoms with E-state index in [1.54, 1.807) is 35.8 Å². The molecule has 0 saturated carbocycles. The third kappa shape index (κ3) is 3.55. The average molecular weight is 241 g/mol. The summed E-state index contributed by atoms with van der Waals surface area (Å²) in [6.45, 7) is -0.137. The number of hydrogen-bond donors (Lipinski definition) is 4. The topological polar surface area (TPSA) is 84.8 Å². The van der Waals surface area contributed by atoms with E-state index in [9.17, 15) is 4.79 Å². The Morgan fingerprint density at radius 2 is 2.00 bits per heavy atom. The minimum absolute atomic E-state index is 0.137. The lowest BCUT2D eigenvalue weighted by Gasteiger charge is -2.16. The van der Waals surface area contributed by atoms with E-state index in [0.717, 1.165) is 0 Å². The molecule has 0 aliphatic heterocycles. The van der Waals surface area contributed by atoms with Gasteiger partial charge in [0, 0.05) is 5.56 Å². The van der Waals surface area contributed by atoms with Gasteiger partial charge in [0.25, 0.3) is 0 Å². The number of hydrazine groups is 1. The number of carbonyl (C=O) groups is 1. The molecule has 7 heteroatoms. The Hall–Kier alpha value is -1.54. The molecule has 0 spiro atoms. The second-order valence-electron chi connectivity index (χ2n) is 2.85. The minimum Gasteiger partial charge on any atom is -0.293 e. The SMILES string of the molecule is O=C(CNN(O)C(=S)NO)c1ccccc1. The molecule has 6 nitrogen and oxygen atoms in total. The van der Waals surface area contributed by atoms with Gasteiger partial charge in [-0.1, -0.05) is 30.3 Å². The Morgan fingerprint density at radius 3 is 2.56 bits per heavy atom. The lowest BCUT2D eigenvalue weighted by Crippen LogP contribution is -2.46. The average Bonchev–Trinajstić information content (AvgIpc) is 2.35. The molecule has 4 N–H and O–H groups in total. The van der Waals surface area contributed by atoms with Crippen LogP contribution in [0, 0.1) is 0 Å². The summed E-state index contributed by atoms with van der Waals surface area (Å²) in [6, 6.07) is 8.60. The largest absolute Gasteiger partial charge is 0.293 e. The third-order valence-corrected chi connectivity index (χ3v) is 2.04. The van der Waals surface area contributed by atoms with Crippen molar-refractivity contribution in [3.05, 3.63) is 35.9 Å². The fraction of sp³-hybridized carbons (Fsp3) is 0.111. The highest BCUT2D eigenvalue weighted by Crippen LogP contribution is 1.98. The van der Waals surface area contributed by atoms with Crippen molar-refractivity contribution in [3.8, 4) is 0 Å². The summed E-state index contributed by atoms with van der Waals surface area (Å²) < 4.78 is 0. The maximum atomic E-state index is 11.5. The van der Waals surface area contributed by atoms with Gasteiger partial charge in [0.1, 0.15) is 0 Å². The molecule has 0 amide bonds. The predicted molar refractivity (Wildman–Crippen MR) is 59.9 cm³/mol. The number of nitrogens with zero attached hydrogens (tertiary/aromatic N) is 1. The summed E-state index contributed by atoms with van der Waals surface area (Å²) in [6.07, 6.45) is 0. The Bertz CT molecular complexity index is 372. The van der Waals surface area contributed by atoms with Gasteiger partial charge in [-0.2, -0.15) is 10.6 Å². The second-order valence-corrected chi connectivity index (χ2v) is 3.24. The van der Waals surface area contributed by atoms with Crippen molar-refractivity contribution in [1.82, 2.24) is 16.1 Å². The number of ketones is 1. The highest BCUT2D eigenvalue weighted by atomic mass is 32.1. The highest BCUT2D eigenvalue weighted by Gasteiger charge is 2.08. The molecule has 1 rings (SSSR count). The van der Waals surface area contributed by atoms with Gasteiger partial charge < -0.3 is 0 Å². The molecular formula is C9H11N3O3S. The van der Waals surface area contributed by atoms with Crippen LogP contribution in [0.5, 0.6) is 0 Å². The van der Waals surface area contributed by atoms with E-state index in [4.69, 9.17) is 10.4 Å². The lowest BCUT2D eigenvalue weighted by molar-refractivity contribution is -0.0676. The van der Waals surface area contributed by atoms with E-state index in [1.807, 2.05) is 0 Å². The van der Waals surface area contributed by atoms with Crippen LogP contribution in [0.1, 0.15) is 10.4 Å². The van der Waals surface area contributed by atoms with Gasteiger partial charge in [0.05, 0.1) is 6.54 Å². The first-order valence-corrected chi connectivity index (χ1v) is 4.81. The highest BCUT2D eigenvalue weighted by molar-refractivity contribution is 7.80. The summed E-state index contributed by atoms with van der Waals surface area (Å²) in [7, 11) is 0. The number of Topliss-reactive ketones (excluding diaryl/α,β-unsaturated/α-hetero) is 1. The first kappa shape index (κ1) is 12.5. The van der Waals surface area contributed by atoms with Crippen molar-refractivity contribution in [2.24, 2.45) is 0 Å². The molecule has 16 heavy (non-hydrogen) atoms. The van der Waals surface area contributed by atoms with Crippen LogP contribution >= 0.6 is 12.2 Å². The van der Waals surface area contributed by atoms with Crippen LogP contribution in [0.25, 0.3) is 0 Å². The molecule has 1 aromatic carbocycles. The summed E-state index contributed by atoms with van der Waals surface area (Å²) >= 11 is 4.49. The van der Waals surface area contributed by atoms with Gasteiger partial charge in [0.15, 0.2) is 5.78 Å². The van der Waals surface area contributed by atoms with Crippen LogP contribution in [0.3, 0.4) is 0 Å². The van der Waals surface area contributed by atoms with Crippen molar-refractivity contribution in [1.29, 1.82) is 0 Å². The smallest absolute Gasteiger partial charge is 0.233 e. The summed E-state index contributed by atoms with van der Waals surface area (Å²) in [5.74, 6) is -0.208. The van der Waals surface area contributed by atoms with Crippen molar-refractivity contribution < 1.29 is 15.2 Å². The fourth-order valence-electron chi connectivity index (χ4n) is 0.992. The van der Waals surface area contributed by atoms with Crippen molar-refractivity contribution in [3.63, 3.8) is 0 Å². The zero-order chi connectivity index (χ0) is 12.0. The molecule has 0 atom stereocenters. The normalized spacial score (nSPS) is 9.62. The lowest BCUT2D eigenvalue weighted by atomic mass is 10.1. The molecule has 0 radical (unpaired) electrons. The third-order valence-electron chi connectivity index (χ3n) is 1.77. The summed E-state index contributed by atoms with van der Waals surface area (Å²) in [5, 5.41) is 17.5. The first-order valence-electron chi connectivity index (χ1n) is 4.40. The van der Waals surface area contributed by atoms with E-state index < -0.39 is 0 Å². The zero-order valence-corrected chi connectivity index (χ0v) is 9.07. The van der Waals surface area contributed by atoms with Crippen LogP contribution < -0.4 is 10.9 Å². The van der Waals surface area contributed by atoms with Crippen LogP contribution in [0.4, 0.5) is 0 Å². The van der Waals surface area contributed by atoms with Gasteiger partial charge >= 0.3 is 0 Å². The fourth-order valence-corrected chi connectivity index (χ4v) is 1.06. The molecule has 0 aliphatic carbocycles. The summed E-state index contributed by atoms with van der Waals surface area (Å²) in [4.78, 5) is 11.5. The Morgan fingerprint density at radius 1 is 1.38 bits per heavy atom. The van der Waals surface area contributed by atoms with Crippen LogP contribution in [-0.2, 0) is 0 Å². The first-order chi connectivity index (χ1) is 7.65. The molecule has 0 saturated heterocycles. The van der Waals surface area contributed by atoms with Crippen LogP contribution in [0.2, 0.25) is 0 Å². The molecule has 0 unspecified atom stereocenters. The van der Waals surface area contributed by atoms with Crippen molar-refractivity contribution in [2.45, 2.75) is 0 Å². The van der Waals surface area contributed by atoms with E-state index in [0.29, 0.717) is 10.7 Å². The molecule has 0 aromatic heterocycles. The molecular weight excluding hydrogens is 230 g/mol. The van der Waals surface area contributed by atoms with Gasteiger partial charge in [-0.3, -0.25) is 15.2 Å². The second kappa shape index (κ2) is 6.13. The van der Waals surface area contributed by atoms with E-state index in [-0.39, 0.29) is 17.4 Å². The molecule has 0 heterocycles. The van der Waals surface area contributed by atoms with Gasteiger partial charge in [-0.25, -0.2) is 5.48 Å². The number of hydrogen-bond acceptors (Lipinski definition) is 5. The maximum absolute atomic E-state index is 11.5. The monoisotopic (exact) mass is 241 g/mol. The number of benzene rings is 1. The van der Waals surface area contributed by atoms with Crippen molar-refractivity contribution in [2.75, 3.05) is 6.54 Å². The number of thiocarbonyl (C=S) groups is 1. The Kier molecular flexibility index (Phi) is 4.80. The van der Waals surface area contributed by atoms with E-state index in [2.05, 4.69) is 17.6 Å². The number of hydroxylamine groups is 2. The number of nitrogens with one attached hydrogen (secondary N) is 2. The molecule has 0 bridgehead atoms. The van der Waals surface area contributed by atoms with Crippen LogP contribution in [0.15, 0.2) is 30.3 Å². The van der Waals surface area contributed by atoms with Crippen molar-refractivity contribution >= 4 is 23.1 Å². The summed E-state index contributed by atoms with van der Waals surface area (Å²) in [5.41, 5.74) is 4.39. The molecule has 0 fully saturated rings. The quantitative estimate of drug-likeness (QED) is 0.343. The minimum atomic E-state index is -0.346. The van der Waals surface area contributed by atoms with Gasteiger partial charge in [0.2, 0.25) is 5.11 Å². The maximum Gasteiger partial charge on any atom is 0.233 e.